The number of aromatic nitrogens is 2. The first kappa shape index (κ1) is 47.9. The third kappa shape index (κ3) is 10.4. The van der Waals surface area contributed by atoms with Crippen molar-refractivity contribution in [3.63, 3.8) is 0 Å². The van der Waals surface area contributed by atoms with Crippen molar-refractivity contribution in [2.45, 2.75) is 191 Å². The van der Waals surface area contributed by atoms with E-state index >= 15 is 0 Å². The Bertz CT molecular complexity index is 1420. The van der Waals surface area contributed by atoms with Crippen LogP contribution in [0.25, 0.3) is 0 Å². The summed E-state index contributed by atoms with van der Waals surface area (Å²) in [5.41, 5.74) is -6.14. The monoisotopic (exact) mass is 815 g/mol. The van der Waals surface area contributed by atoms with Crippen LogP contribution in [-0.2, 0) is 39.8 Å². The number of hydrogen-bond donors (Lipinski definition) is 6. The summed E-state index contributed by atoms with van der Waals surface area (Å²) in [6.07, 6.45) is -2.87. The maximum absolute atomic E-state index is 14.3. The van der Waals surface area contributed by atoms with Crippen molar-refractivity contribution in [2.24, 2.45) is 17.8 Å². The van der Waals surface area contributed by atoms with E-state index in [1.165, 1.54) is 14.0 Å². The van der Waals surface area contributed by atoms with E-state index in [-0.39, 0.29) is 43.9 Å². The molecule has 0 amide bonds. The summed E-state index contributed by atoms with van der Waals surface area (Å²) in [5.74, 6) is -2.72. The first-order valence-electron chi connectivity index (χ1n) is 20.7. The lowest BCUT2D eigenvalue weighted by Crippen LogP contribution is -2.68. The highest BCUT2D eigenvalue weighted by Crippen LogP contribution is 2.44. The summed E-state index contributed by atoms with van der Waals surface area (Å²) < 4.78 is 40.1. The molecule has 0 unspecified atom stereocenters. The number of likely N-dealkylation sites (N-methyl/N-ethyl adjacent to an activating group) is 1. The van der Waals surface area contributed by atoms with Gasteiger partial charge in [-0.1, -0.05) is 20.8 Å². The standard InChI is InChI=1S/C41H74N4O12/c1-14-30-40(10,50)34(47)27(6)43-20-23(2)18-38(8,49)35(57-37-32(46)29(44(11)12)17-24(3)53-37)25(4)33(26(5)36(48)55-30)56-31-19-39(9,52-13)41(51,28(7)54-31)21-45-16-15-42-22-45/h15-16,22-35,37,43,46-47,49-51H,14,17-21H2,1-13H3/t23-,24-,25+,26-,27+,28+,29+,30+,31+,32-,33+,34-,35-,37+,38+,39-,40-,41-/m1/s1. The van der Waals surface area contributed by atoms with Gasteiger partial charge in [-0.15, -0.1) is 0 Å². The van der Waals surface area contributed by atoms with Gasteiger partial charge in [0.05, 0.1) is 48.8 Å². The Morgan fingerprint density at radius 1 is 1.02 bits per heavy atom. The van der Waals surface area contributed by atoms with Gasteiger partial charge < -0.3 is 68.7 Å². The number of nitrogens with one attached hydrogen (secondary N) is 1. The molecule has 0 bridgehead atoms. The van der Waals surface area contributed by atoms with Crippen LogP contribution in [0.3, 0.4) is 0 Å². The number of esters is 1. The lowest BCUT2D eigenvalue weighted by molar-refractivity contribution is -0.339. The summed E-state index contributed by atoms with van der Waals surface area (Å²) in [6.45, 7) is 18.0. The molecule has 1 aromatic heterocycles. The zero-order valence-corrected chi connectivity index (χ0v) is 36.5. The van der Waals surface area contributed by atoms with Crippen molar-refractivity contribution in [3.05, 3.63) is 18.7 Å². The number of aliphatic hydroxyl groups is 5. The molecule has 330 valence electrons. The number of rotatable bonds is 9. The van der Waals surface area contributed by atoms with Crippen molar-refractivity contribution in [2.75, 3.05) is 27.7 Å². The second kappa shape index (κ2) is 18.9. The predicted molar refractivity (Wildman–Crippen MR) is 211 cm³/mol. The molecule has 0 aromatic carbocycles. The zero-order valence-electron chi connectivity index (χ0n) is 36.5. The van der Waals surface area contributed by atoms with E-state index in [0.29, 0.717) is 13.0 Å². The zero-order chi connectivity index (χ0) is 42.8. The van der Waals surface area contributed by atoms with Gasteiger partial charge in [0.25, 0.3) is 0 Å². The average molecular weight is 815 g/mol. The van der Waals surface area contributed by atoms with Crippen LogP contribution < -0.4 is 5.32 Å². The first-order chi connectivity index (χ1) is 26.4. The Labute approximate surface area is 339 Å². The summed E-state index contributed by atoms with van der Waals surface area (Å²) in [4.78, 5) is 20.4. The first-order valence-corrected chi connectivity index (χ1v) is 20.7. The normalized spacial score (nSPS) is 47.2. The van der Waals surface area contributed by atoms with Crippen LogP contribution in [0.4, 0.5) is 0 Å². The third-order valence-electron chi connectivity index (χ3n) is 13.2. The summed E-state index contributed by atoms with van der Waals surface area (Å²) in [5, 5.41) is 62.7. The molecule has 0 aliphatic carbocycles. The molecule has 4 heterocycles. The molecule has 18 atom stereocenters. The number of ether oxygens (including phenoxy) is 6. The molecule has 3 aliphatic rings. The Morgan fingerprint density at radius 2 is 1.68 bits per heavy atom. The minimum absolute atomic E-state index is 0.0531. The van der Waals surface area contributed by atoms with E-state index in [4.69, 9.17) is 28.4 Å². The second-order valence-corrected chi connectivity index (χ2v) is 18.3. The molecular weight excluding hydrogens is 740 g/mol. The van der Waals surface area contributed by atoms with Gasteiger partial charge in [-0.05, 0) is 94.3 Å². The third-order valence-corrected chi connectivity index (χ3v) is 13.2. The van der Waals surface area contributed by atoms with Gasteiger partial charge in [-0.25, -0.2) is 4.98 Å². The molecule has 0 radical (unpaired) electrons. The number of aliphatic hydroxyl groups excluding tert-OH is 2. The van der Waals surface area contributed by atoms with Crippen LogP contribution in [0, 0.1) is 17.8 Å². The van der Waals surface area contributed by atoms with Crippen molar-refractivity contribution in [1.29, 1.82) is 0 Å². The fourth-order valence-corrected chi connectivity index (χ4v) is 9.38. The van der Waals surface area contributed by atoms with Gasteiger partial charge in [0.15, 0.2) is 12.6 Å². The number of nitrogens with zero attached hydrogens (tertiary/aromatic N) is 3. The highest BCUT2D eigenvalue weighted by atomic mass is 16.7. The van der Waals surface area contributed by atoms with Crippen molar-refractivity contribution in [3.8, 4) is 0 Å². The van der Waals surface area contributed by atoms with Gasteiger partial charge in [0.2, 0.25) is 0 Å². The molecular formula is C41H74N4O12. The Hall–Kier alpha value is -1.80. The van der Waals surface area contributed by atoms with Crippen LogP contribution in [0.1, 0.15) is 94.9 Å². The van der Waals surface area contributed by atoms with E-state index < -0.39 is 95.5 Å². The highest BCUT2D eigenvalue weighted by Gasteiger charge is 2.59. The molecule has 3 aliphatic heterocycles. The number of cyclic esters (lactones) is 1. The van der Waals surface area contributed by atoms with E-state index in [2.05, 4.69) is 10.3 Å². The van der Waals surface area contributed by atoms with Crippen LogP contribution in [0.5, 0.6) is 0 Å². The molecule has 0 saturated carbocycles. The molecule has 0 spiro atoms. The van der Waals surface area contributed by atoms with Gasteiger partial charge in [-0.3, -0.25) is 4.79 Å². The van der Waals surface area contributed by atoms with Crippen LogP contribution >= 0.6 is 0 Å². The maximum atomic E-state index is 14.3. The van der Waals surface area contributed by atoms with Crippen molar-refractivity contribution >= 4 is 5.97 Å². The number of carbonyl (C=O) groups excluding carboxylic acids is 1. The number of imidazole rings is 1. The van der Waals surface area contributed by atoms with E-state index in [1.807, 2.05) is 39.8 Å². The molecule has 3 saturated heterocycles. The summed E-state index contributed by atoms with van der Waals surface area (Å²) in [6, 6.07) is -0.894. The summed E-state index contributed by atoms with van der Waals surface area (Å²) >= 11 is 0. The highest BCUT2D eigenvalue weighted by molar-refractivity contribution is 5.73. The molecule has 3 fully saturated rings. The van der Waals surface area contributed by atoms with Crippen LogP contribution in [-0.4, -0.2) is 163 Å². The second-order valence-electron chi connectivity index (χ2n) is 18.3. The molecule has 4 rings (SSSR count). The van der Waals surface area contributed by atoms with E-state index in [9.17, 15) is 30.3 Å². The molecule has 6 N–H and O–H groups in total. The predicted octanol–water partition coefficient (Wildman–Crippen LogP) is 1.83. The van der Waals surface area contributed by atoms with E-state index in [1.54, 1.807) is 64.8 Å². The van der Waals surface area contributed by atoms with Gasteiger partial charge >= 0.3 is 5.97 Å². The fourth-order valence-electron chi connectivity index (χ4n) is 9.38. The largest absolute Gasteiger partial charge is 0.459 e. The lowest BCUT2D eigenvalue weighted by atomic mass is 9.75. The van der Waals surface area contributed by atoms with Crippen LogP contribution in [0.15, 0.2) is 18.7 Å². The average Bonchev–Trinajstić information content (AvgIpc) is 3.65. The fraction of sp³-hybridized carbons (Fsp3) is 0.902. The smallest absolute Gasteiger partial charge is 0.311 e. The molecule has 16 nitrogen and oxygen atoms in total. The Balaban J connectivity index is 1.80. The summed E-state index contributed by atoms with van der Waals surface area (Å²) in [7, 11) is 5.28. The van der Waals surface area contributed by atoms with Crippen molar-refractivity contribution in [1.82, 2.24) is 19.8 Å². The van der Waals surface area contributed by atoms with Gasteiger partial charge in [0, 0.05) is 43.9 Å². The Morgan fingerprint density at radius 3 is 2.26 bits per heavy atom. The molecule has 16 heteroatoms. The lowest BCUT2D eigenvalue weighted by Gasteiger charge is -2.53. The number of carbonyl (C=O) groups is 1. The molecule has 1 aromatic rings. The number of methoxy groups -OCH3 is 1. The quantitative estimate of drug-likeness (QED) is 0.197. The van der Waals surface area contributed by atoms with E-state index in [0.717, 1.165) is 0 Å². The topological polar surface area (TPSA) is 207 Å². The Kier molecular flexibility index (Phi) is 15.8. The van der Waals surface area contributed by atoms with Gasteiger partial charge in [0.1, 0.15) is 35.1 Å². The number of hydrogen-bond acceptors (Lipinski definition) is 15. The van der Waals surface area contributed by atoms with Crippen LogP contribution in [0.2, 0.25) is 0 Å². The molecule has 57 heavy (non-hydrogen) atoms. The maximum Gasteiger partial charge on any atom is 0.311 e. The minimum atomic E-state index is -1.82. The van der Waals surface area contributed by atoms with Gasteiger partial charge in [-0.2, -0.15) is 0 Å². The van der Waals surface area contributed by atoms with Crippen molar-refractivity contribution < 1.29 is 58.7 Å². The SMILES string of the molecule is CC[C@@H]1OC(=O)[C@H](C)[C@@H](O[C@H]2C[C@@](C)(OC)[C@@](O)(Cn3ccnc3)[C@H](C)O2)[C@H](C)[C@@H](O[C@@H]2O[C@H](C)C[C@H](N(C)C)[C@H]2O)[C@@](C)(O)C[C@@H](C)CN[C@@H](C)[C@@H](O)[C@]1(C)O. The minimum Gasteiger partial charge on any atom is -0.459 e.